The van der Waals surface area contributed by atoms with Gasteiger partial charge in [0.2, 0.25) is 0 Å². The van der Waals surface area contributed by atoms with Gasteiger partial charge in [-0.25, -0.2) is 9.37 Å². The third kappa shape index (κ3) is 5.64. The van der Waals surface area contributed by atoms with Gasteiger partial charge in [0.25, 0.3) is 5.91 Å². The number of hydrogen-bond donors (Lipinski definition) is 2. The van der Waals surface area contributed by atoms with Gasteiger partial charge in [0.15, 0.2) is 11.6 Å². The summed E-state index contributed by atoms with van der Waals surface area (Å²) in [6.07, 6.45) is -0.872. The number of benzene rings is 1. The summed E-state index contributed by atoms with van der Waals surface area (Å²) in [5.41, 5.74) is 1.27. The van der Waals surface area contributed by atoms with E-state index in [1.807, 2.05) is 11.0 Å². The molecule has 1 fully saturated rings. The van der Waals surface area contributed by atoms with Gasteiger partial charge in [-0.2, -0.15) is 5.26 Å². The Kier molecular flexibility index (Phi) is 6.52. The van der Waals surface area contributed by atoms with Gasteiger partial charge in [-0.15, -0.1) is 13.2 Å². The molecule has 1 aliphatic heterocycles. The molecule has 0 aliphatic carbocycles. The number of nitrogens with zero attached hydrogens (tertiary/aromatic N) is 4. The maximum absolute atomic E-state index is 14.0. The number of carbonyl (C=O) groups is 1. The van der Waals surface area contributed by atoms with Gasteiger partial charge >= 0.3 is 6.36 Å². The van der Waals surface area contributed by atoms with Crippen molar-refractivity contribution in [2.24, 2.45) is 0 Å². The fourth-order valence-electron chi connectivity index (χ4n) is 3.62. The van der Waals surface area contributed by atoms with Crippen molar-refractivity contribution in [2.75, 3.05) is 23.3 Å². The van der Waals surface area contributed by atoms with Gasteiger partial charge in [-0.1, -0.05) is 0 Å². The molecular weight excluding hydrogens is 470 g/mol. The van der Waals surface area contributed by atoms with Crippen LogP contribution in [0.3, 0.4) is 0 Å². The average molecular weight is 487 g/mol. The van der Waals surface area contributed by atoms with Crippen LogP contribution in [-0.2, 0) is 0 Å². The highest BCUT2D eigenvalue weighted by atomic mass is 19.4. The number of β-amino-alcohol motifs (C(OH)–C–C–N with tert-alkyl or cyclic N) is 1. The van der Waals surface area contributed by atoms with Crippen LogP contribution in [0.5, 0.6) is 5.75 Å². The van der Waals surface area contributed by atoms with Crippen molar-refractivity contribution >= 4 is 17.4 Å². The molecule has 1 amide bonds. The van der Waals surface area contributed by atoms with Crippen LogP contribution in [0.2, 0.25) is 0 Å². The van der Waals surface area contributed by atoms with E-state index in [0.717, 1.165) is 12.1 Å². The summed E-state index contributed by atoms with van der Waals surface area (Å²) in [5.74, 6) is -2.54. The van der Waals surface area contributed by atoms with E-state index >= 15 is 0 Å². The number of halogens is 4. The van der Waals surface area contributed by atoms with Crippen molar-refractivity contribution in [3.8, 4) is 22.9 Å². The number of aliphatic hydroxyl groups excluding tert-OH is 1. The smallest absolute Gasteiger partial charge is 0.403 e. The first kappa shape index (κ1) is 23.9. The number of aromatic nitrogens is 2. The zero-order chi connectivity index (χ0) is 25.2. The zero-order valence-corrected chi connectivity index (χ0v) is 17.9. The van der Waals surface area contributed by atoms with Crippen molar-refractivity contribution < 1.29 is 32.2 Å². The highest BCUT2D eigenvalue weighted by molar-refractivity contribution is 6.05. The topological polar surface area (TPSA) is 111 Å². The summed E-state index contributed by atoms with van der Waals surface area (Å²) in [7, 11) is 0. The molecule has 1 atom stereocenters. The van der Waals surface area contributed by atoms with Crippen molar-refractivity contribution in [3.05, 3.63) is 65.9 Å². The summed E-state index contributed by atoms with van der Waals surface area (Å²) in [6.45, 7) is 0.867. The first-order valence-electron chi connectivity index (χ1n) is 10.3. The molecule has 2 N–H and O–H groups in total. The molecule has 2 aromatic heterocycles. The molecule has 0 bridgehead atoms. The molecule has 12 heteroatoms. The number of anilines is 2. The summed E-state index contributed by atoms with van der Waals surface area (Å²) < 4.78 is 54.6. The van der Waals surface area contributed by atoms with E-state index in [0.29, 0.717) is 48.1 Å². The standard InChI is InChI=1S/C23H17F4N5O3/c24-19-7-16(1-2-20(19)35-23(25,26)27)31-22(34)15-6-18(14-5-13(8-28)9-29-10-14)21(30-11-15)32-4-3-17(33)12-32/h1-2,5-7,9-11,17,33H,3-4,12H2,(H,31,34)/t17-/m1/s1. The monoisotopic (exact) mass is 487 g/mol. The van der Waals surface area contributed by atoms with Gasteiger partial charge in [0, 0.05) is 54.6 Å². The molecule has 0 saturated carbocycles. The van der Waals surface area contributed by atoms with Crippen molar-refractivity contribution in [3.63, 3.8) is 0 Å². The van der Waals surface area contributed by atoms with Gasteiger partial charge in [-0.3, -0.25) is 9.78 Å². The summed E-state index contributed by atoms with van der Waals surface area (Å²) in [4.78, 5) is 23.1. The zero-order valence-electron chi connectivity index (χ0n) is 17.9. The van der Waals surface area contributed by atoms with E-state index < -0.39 is 29.9 Å². The second-order valence-corrected chi connectivity index (χ2v) is 7.70. The number of aliphatic hydroxyl groups is 1. The lowest BCUT2D eigenvalue weighted by Gasteiger charge is -2.21. The van der Waals surface area contributed by atoms with E-state index in [9.17, 15) is 32.7 Å². The Labute approximate surface area is 196 Å². The Morgan fingerprint density at radius 1 is 1.23 bits per heavy atom. The van der Waals surface area contributed by atoms with E-state index in [-0.39, 0.29) is 11.3 Å². The summed E-state index contributed by atoms with van der Waals surface area (Å²) >= 11 is 0. The number of hydrogen-bond acceptors (Lipinski definition) is 7. The molecule has 4 rings (SSSR count). The lowest BCUT2D eigenvalue weighted by molar-refractivity contribution is -0.275. The number of alkyl halides is 3. The van der Waals surface area contributed by atoms with Crippen molar-refractivity contribution in [1.29, 1.82) is 5.26 Å². The molecule has 3 aromatic rings. The van der Waals surface area contributed by atoms with Crippen LogP contribution in [0, 0.1) is 17.1 Å². The number of ether oxygens (including phenoxy) is 1. The summed E-state index contributed by atoms with van der Waals surface area (Å²) in [6, 6.07) is 7.61. The number of pyridine rings is 2. The second kappa shape index (κ2) is 9.55. The van der Waals surface area contributed by atoms with E-state index in [2.05, 4.69) is 20.0 Å². The number of nitriles is 1. The lowest BCUT2D eigenvalue weighted by atomic mass is 10.0. The van der Waals surface area contributed by atoms with Crippen LogP contribution in [0.4, 0.5) is 29.1 Å². The maximum atomic E-state index is 14.0. The molecule has 180 valence electrons. The van der Waals surface area contributed by atoms with Gasteiger partial charge in [0.1, 0.15) is 11.9 Å². The quantitative estimate of drug-likeness (QED) is 0.526. The number of nitrogens with one attached hydrogen (secondary N) is 1. The predicted octanol–water partition coefficient (Wildman–Crippen LogP) is 3.88. The third-order valence-electron chi connectivity index (χ3n) is 5.19. The fraction of sp³-hybridized carbons (Fsp3) is 0.217. The normalized spacial score (nSPS) is 15.5. The first-order chi connectivity index (χ1) is 16.6. The van der Waals surface area contributed by atoms with Crippen molar-refractivity contribution in [1.82, 2.24) is 9.97 Å². The molecule has 1 aromatic carbocycles. The Balaban J connectivity index is 1.64. The number of amides is 1. The highest BCUT2D eigenvalue weighted by Crippen LogP contribution is 2.33. The molecule has 0 radical (unpaired) electrons. The largest absolute Gasteiger partial charge is 0.573 e. The Morgan fingerprint density at radius 2 is 2.03 bits per heavy atom. The summed E-state index contributed by atoms with van der Waals surface area (Å²) in [5, 5.41) is 21.6. The first-order valence-corrected chi connectivity index (χ1v) is 10.3. The molecule has 0 spiro atoms. The maximum Gasteiger partial charge on any atom is 0.573 e. The molecular formula is C23H17F4N5O3. The lowest BCUT2D eigenvalue weighted by Crippen LogP contribution is -2.23. The predicted molar refractivity (Wildman–Crippen MR) is 116 cm³/mol. The number of rotatable bonds is 5. The molecule has 3 heterocycles. The third-order valence-corrected chi connectivity index (χ3v) is 5.19. The molecule has 0 unspecified atom stereocenters. The minimum atomic E-state index is -5.06. The van der Waals surface area contributed by atoms with Crippen LogP contribution >= 0.6 is 0 Å². The highest BCUT2D eigenvalue weighted by Gasteiger charge is 2.32. The van der Waals surface area contributed by atoms with Crippen LogP contribution in [0.25, 0.3) is 11.1 Å². The van der Waals surface area contributed by atoms with Gasteiger partial charge < -0.3 is 20.1 Å². The van der Waals surface area contributed by atoms with E-state index in [4.69, 9.17) is 0 Å². The molecule has 35 heavy (non-hydrogen) atoms. The van der Waals surface area contributed by atoms with Gasteiger partial charge in [0.05, 0.1) is 17.2 Å². The van der Waals surface area contributed by atoms with Crippen molar-refractivity contribution in [2.45, 2.75) is 18.9 Å². The van der Waals surface area contributed by atoms with E-state index in [1.54, 1.807) is 6.07 Å². The molecule has 1 saturated heterocycles. The van der Waals surface area contributed by atoms with Crippen LogP contribution in [0.1, 0.15) is 22.3 Å². The molecule has 8 nitrogen and oxygen atoms in total. The minimum absolute atomic E-state index is 0.0712. The minimum Gasteiger partial charge on any atom is -0.403 e. The molecule has 1 aliphatic rings. The second-order valence-electron chi connectivity index (χ2n) is 7.70. The Morgan fingerprint density at radius 3 is 2.69 bits per heavy atom. The van der Waals surface area contributed by atoms with Crippen LogP contribution < -0.4 is 15.0 Å². The van der Waals surface area contributed by atoms with E-state index in [1.165, 1.54) is 24.7 Å². The van der Waals surface area contributed by atoms with Crippen LogP contribution in [-0.4, -0.2) is 46.5 Å². The number of carbonyl (C=O) groups excluding carboxylic acids is 1. The van der Waals surface area contributed by atoms with Gasteiger partial charge in [-0.05, 0) is 30.7 Å². The fourth-order valence-corrected chi connectivity index (χ4v) is 3.62. The average Bonchev–Trinajstić information content (AvgIpc) is 3.25. The SMILES string of the molecule is N#Cc1cncc(-c2cc(C(=O)Nc3ccc(OC(F)(F)F)c(F)c3)cnc2N2CC[C@@H](O)C2)c1. The van der Waals surface area contributed by atoms with Crippen LogP contribution in [0.15, 0.2) is 48.9 Å². The Hall–Kier alpha value is -4.24. The Bertz CT molecular complexity index is 1310.